The molecule has 1 aromatic carbocycles. The number of benzene rings is 1. The number of likely N-dealkylation sites (tertiary alicyclic amines) is 1. The molecule has 5 aromatic rings. The van der Waals surface area contributed by atoms with Crippen LogP contribution in [0.3, 0.4) is 0 Å². The van der Waals surface area contributed by atoms with Crippen molar-refractivity contribution in [1.82, 2.24) is 39.7 Å². The van der Waals surface area contributed by atoms with Crippen molar-refractivity contribution in [2.45, 2.75) is 38.3 Å². The largest absolute Gasteiger partial charge is 0.383 e. The molecule has 0 bridgehead atoms. The van der Waals surface area contributed by atoms with Crippen LogP contribution < -0.4 is 5.73 Å². The van der Waals surface area contributed by atoms with Crippen molar-refractivity contribution in [3.8, 4) is 22.4 Å². The normalized spacial score (nSPS) is 19.2. The van der Waals surface area contributed by atoms with Gasteiger partial charge in [0.1, 0.15) is 17.7 Å². The second-order valence-corrected chi connectivity index (χ2v) is 10.0. The number of aromatic nitrogens is 7. The van der Waals surface area contributed by atoms with Gasteiger partial charge < -0.3 is 20.7 Å². The third kappa shape index (κ3) is 4.18. The van der Waals surface area contributed by atoms with Gasteiger partial charge in [0.25, 0.3) is 5.91 Å². The van der Waals surface area contributed by atoms with Gasteiger partial charge in [-0.3, -0.25) is 14.6 Å². The van der Waals surface area contributed by atoms with Gasteiger partial charge in [-0.25, -0.2) is 4.98 Å². The molecule has 0 radical (unpaired) electrons. The summed E-state index contributed by atoms with van der Waals surface area (Å²) < 4.78 is 1.41. The maximum atomic E-state index is 12.9. The van der Waals surface area contributed by atoms with E-state index in [1.165, 1.54) is 17.8 Å². The van der Waals surface area contributed by atoms with Crippen LogP contribution in [-0.2, 0) is 5.60 Å². The molecule has 0 spiro atoms. The molecule has 2 atom stereocenters. The van der Waals surface area contributed by atoms with E-state index in [2.05, 4.69) is 25.3 Å². The Hall–Kier alpha value is -4.97. The number of nitrogens with zero attached hydrogens (tertiary/aromatic N) is 7. The van der Waals surface area contributed by atoms with Crippen LogP contribution in [0.5, 0.6) is 0 Å². The lowest BCUT2D eigenvalue weighted by Gasteiger charge is -2.42. The summed E-state index contributed by atoms with van der Waals surface area (Å²) in [7, 11) is 0. The highest BCUT2D eigenvalue weighted by Gasteiger charge is 2.44. The molecule has 12 nitrogen and oxygen atoms in total. The Bertz CT molecular complexity index is 1720. The number of hydrogen-bond donors (Lipinski definition) is 3. The van der Waals surface area contributed by atoms with Gasteiger partial charge in [-0.05, 0) is 26.3 Å². The molecule has 0 unspecified atom stereocenters. The Labute approximate surface area is 228 Å². The number of rotatable bonds is 5. The average molecular weight is 538 g/mol. The van der Waals surface area contributed by atoms with Crippen molar-refractivity contribution in [3.05, 3.63) is 78.3 Å². The van der Waals surface area contributed by atoms with Gasteiger partial charge in [-0.2, -0.15) is 9.61 Å². The second kappa shape index (κ2) is 9.65. The van der Waals surface area contributed by atoms with Gasteiger partial charge in [0.2, 0.25) is 5.82 Å². The van der Waals surface area contributed by atoms with E-state index in [0.29, 0.717) is 11.2 Å². The Morgan fingerprint density at radius 3 is 2.58 bits per heavy atom. The standard InChI is InChI=1S/C28H27N9O3/c1-16-12-28(40,10-11-36(16)27(39)25-31-15-32-35-25)23-22(17(2)38)24(29)37-26(34-23)20(14-33-37)19-8-9-21(30-13-19)18-6-4-3-5-7-18/h3-9,13-16,40H,10-12,29H2,1-2H3,(H,31,32,35)/t16-,28-/m0/s1. The minimum absolute atomic E-state index is 0.0915. The molecule has 12 heteroatoms. The van der Waals surface area contributed by atoms with Crippen LogP contribution in [0.15, 0.2) is 61.2 Å². The summed E-state index contributed by atoms with van der Waals surface area (Å²) in [6.07, 6.45) is 4.99. The molecule has 4 N–H and O–H groups in total. The molecule has 202 valence electrons. The zero-order chi connectivity index (χ0) is 28.0. The minimum atomic E-state index is -1.51. The fourth-order valence-electron chi connectivity index (χ4n) is 5.42. The van der Waals surface area contributed by atoms with Crippen LogP contribution in [-0.4, -0.2) is 69.0 Å². The van der Waals surface area contributed by atoms with E-state index in [4.69, 9.17) is 10.7 Å². The highest BCUT2D eigenvalue weighted by Crippen LogP contribution is 2.40. The van der Waals surface area contributed by atoms with Crippen LogP contribution in [0.2, 0.25) is 0 Å². The number of nitrogens with two attached hydrogens (primary N) is 1. The first kappa shape index (κ1) is 25.3. The highest BCUT2D eigenvalue weighted by atomic mass is 16.3. The number of aliphatic hydroxyl groups is 1. The minimum Gasteiger partial charge on any atom is -0.383 e. The van der Waals surface area contributed by atoms with Gasteiger partial charge >= 0.3 is 0 Å². The molecular formula is C28H27N9O3. The van der Waals surface area contributed by atoms with Gasteiger partial charge in [0, 0.05) is 41.9 Å². The lowest BCUT2D eigenvalue weighted by atomic mass is 9.81. The first-order chi connectivity index (χ1) is 19.3. The predicted molar refractivity (Wildman–Crippen MR) is 146 cm³/mol. The average Bonchev–Trinajstić information content (AvgIpc) is 3.64. The maximum absolute atomic E-state index is 12.9. The molecule has 40 heavy (non-hydrogen) atoms. The summed E-state index contributed by atoms with van der Waals surface area (Å²) in [4.78, 5) is 39.5. The number of hydrogen-bond acceptors (Lipinski definition) is 9. The van der Waals surface area contributed by atoms with Crippen molar-refractivity contribution < 1.29 is 14.7 Å². The molecule has 1 aliphatic heterocycles. The van der Waals surface area contributed by atoms with E-state index in [1.54, 1.807) is 17.3 Å². The van der Waals surface area contributed by atoms with Gasteiger partial charge in [0.05, 0.1) is 23.1 Å². The van der Waals surface area contributed by atoms with Gasteiger partial charge in [-0.15, -0.1) is 10.2 Å². The van der Waals surface area contributed by atoms with Crippen LogP contribution in [0.25, 0.3) is 28.0 Å². The zero-order valence-electron chi connectivity index (χ0n) is 21.9. The quantitative estimate of drug-likeness (QED) is 0.285. The van der Waals surface area contributed by atoms with E-state index < -0.39 is 5.60 Å². The first-order valence-corrected chi connectivity index (χ1v) is 12.9. The smallest absolute Gasteiger partial charge is 0.291 e. The molecule has 0 saturated carbocycles. The summed E-state index contributed by atoms with van der Waals surface area (Å²) in [6, 6.07) is 13.3. The first-order valence-electron chi connectivity index (χ1n) is 12.9. The van der Waals surface area contributed by atoms with Crippen LogP contribution >= 0.6 is 0 Å². The van der Waals surface area contributed by atoms with Crippen LogP contribution in [0, 0.1) is 0 Å². The number of carbonyl (C=O) groups is 2. The fourth-order valence-corrected chi connectivity index (χ4v) is 5.42. The number of pyridine rings is 1. The van der Waals surface area contributed by atoms with E-state index >= 15 is 0 Å². The van der Waals surface area contributed by atoms with E-state index in [1.807, 2.05) is 49.4 Å². The lowest BCUT2D eigenvalue weighted by Crippen LogP contribution is -2.51. The lowest BCUT2D eigenvalue weighted by molar-refractivity contribution is -0.0437. The molecule has 5 heterocycles. The van der Waals surface area contributed by atoms with Crippen molar-refractivity contribution in [2.24, 2.45) is 0 Å². The Balaban J connectivity index is 1.39. The monoisotopic (exact) mass is 537 g/mol. The Kier molecular flexibility index (Phi) is 6.11. The van der Waals surface area contributed by atoms with E-state index in [0.717, 1.165) is 16.8 Å². The molecule has 0 aliphatic carbocycles. The molecule has 6 rings (SSSR count). The fraction of sp³-hybridized carbons (Fsp3) is 0.250. The number of carbonyl (C=O) groups excluding carboxylic acids is 2. The van der Waals surface area contributed by atoms with Crippen molar-refractivity contribution in [3.63, 3.8) is 0 Å². The summed E-state index contributed by atoms with van der Waals surface area (Å²) >= 11 is 0. The van der Waals surface area contributed by atoms with E-state index in [-0.39, 0.29) is 60.0 Å². The summed E-state index contributed by atoms with van der Waals surface area (Å²) in [5.41, 5.74) is 8.90. The number of Topliss-reactive ketones (excluding diaryl/α,β-unsaturated/α-hetero) is 1. The number of H-pyrrole nitrogens is 1. The topological polar surface area (TPSA) is 168 Å². The summed E-state index contributed by atoms with van der Waals surface area (Å²) in [5.74, 6) is -0.435. The Morgan fingerprint density at radius 2 is 1.93 bits per heavy atom. The van der Waals surface area contributed by atoms with Crippen LogP contribution in [0.1, 0.15) is 53.4 Å². The van der Waals surface area contributed by atoms with Crippen molar-refractivity contribution in [2.75, 3.05) is 12.3 Å². The predicted octanol–water partition coefficient (Wildman–Crippen LogP) is 2.87. The number of nitrogen functional groups attached to an aromatic ring is 1. The molecule has 1 saturated heterocycles. The number of fused-ring (bicyclic) bond motifs is 1. The summed E-state index contributed by atoms with van der Waals surface area (Å²) in [5, 5.41) is 23.8. The summed E-state index contributed by atoms with van der Waals surface area (Å²) in [6.45, 7) is 3.44. The number of ketones is 1. The van der Waals surface area contributed by atoms with Gasteiger partial charge in [-0.1, -0.05) is 36.4 Å². The van der Waals surface area contributed by atoms with Crippen LogP contribution in [0.4, 0.5) is 5.82 Å². The molecule has 1 amide bonds. The molecular weight excluding hydrogens is 510 g/mol. The van der Waals surface area contributed by atoms with Crippen molar-refractivity contribution >= 4 is 23.2 Å². The third-order valence-corrected chi connectivity index (χ3v) is 7.43. The number of anilines is 1. The highest BCUT2D eigenvalue weighted by molar-refractivity contribution is 6.00. The zero-order valence-corrected chi connectivity index (χ0v) is 21.9. The molecule has 1 aliphatic rings. The number of piperidine rings is 1. The molecule has 1 fully saturated rings. The maximum Gasteiger partial charge on any atom is 0.291 e. The SMILES string of the molecule is CC(=O)c1c([C@]2(O)CCN(C(=O)c3nnc[nH]3)[C@@H](C)C2)nc2c(-c3ccc(-c4ccccc4)nc3)cnn2c1N. The van der Waals surface area contributed by atoms with Gasteiger partial charge in [0.15, 0.2) is 11.4 Å². The second-order valence-electron chi connectivity index (χ2n) is 10.0. The van der Waals surface area contributed by atoms with E-state index in [9.17, 15) is 14.7 Å². The number of nitrogens with one attached hydrogen (secondary N) is 1. The number of amides is 1. The Morgan fingerprint density at radius 1 is 1.12 bits per heavy atom. The van der Waals surface area contributed by atoms with Crippen molar-refractivity contribution in [1.29, 1.82) is 0 Å². The number of aromatic amines is 1. The third-order valence-electron chi connectivity index (χ3n) is 7.43. The molecule has 4 aromatic heterocycles.